The van der Waals surface area contributed by atoms with Crippen LogP contribution >= 0.6 is 0 Å². The molecule has 72 valence electrons. The van der Waals surface area contributed by atoms with Crippen molar-refractivity contribution in [3.8, 4) is 0 Å². The van der Waals surface area contributed by atoms with Crippen LogP contribution in [-0.4, -0.2) is 12.2 Å². The second-order valence-electron chi connectivity index (χ2n) is 4.08. The summed E-state index contributed by atoms with van der Waals surface area (Å²) in [6.07, 6.45) is 1.12. The van der Waals surface area contributed by atoms with Gasteiger partial charge in [-0.1, -0.05) is 34.1 Å². The SMILES string of the molecule is CCCC(OC(N)=O)C(C)(C)C. The van der Waals surface area contributed by atoms with Crippen LogP contribution in [0.3, 0.4) is 0 Å². The smallest absolute Gasteiger partial charge is 0.404 e. The third-order valence-electron chi connectivity index (χ3n) is 1.78. The third kappa shape index (κ3) is 4.21. The highest BCUT2D eigenvalue weighted by molar-refractivity contribution is 5.64. The van der Waals surface area contributed by atoms with Crippen LogP contribution in [0.25, 0.3) is 0 Å². The second kappa shape index (κ2) is 4.33. The van der Waals surface area contributed by atoms with Crippen molar-refractivity contribution >= 4 is 6.09 Å². The average Bonchev–Trinajstić information content (AvgIpc) is 1.83. The minimum absolute atomic E-state index is 0.0228. The molecule has 0 aliphatic heterocycles. The summed E-state index contributed by atoms with van der Waals surface area (Å²) in [6.45, 7) is 8.17. The van der Waals surface area contributed by atoms with Crippen LogP contribution in [0.5, 0.6) is 0 Å². The molecule has 3 nitrogen and oxygen atoms in total. The van der Waals surface area contributed by atoms with E-state index in [4.69, 9.17) is 10.5 Å². The number of carbonyl (C=O) groups excluding carboxylic acids is 1. The zero-order valence-electron chi connectivity index (χ0n) is 8.39. The van der Waals surface area contributed by atoms with Gasteiger partial charge in [-0.05, 0) is 11.8 Å². The van der Waals surface area contributed by atoms with Crippen molar-refractivity contribution in [1.82, 2.24) is 0 Å². The molecule has 0 aromatic heterocycles. The molecule has 0 heterocycles. The molecular formula is C9H19NO2. The van der Waals surface area contributed by atoms with Gasteiger partial charge in [-0.3, -0.25) is 0 Å². The topological polar surface area (TPSA) is 52.3 Å². The van der Waals surface area contributed by atoms with E-state index in [1.165, 1.54) is 0 Å². The quantitative estimate of drug-likeness (QED) is 0.712. The molecule has 0 radical (unpaired) electrons. The number of carbonyl (C=O) groups is 1. The fraction of sp³-hybridized carbons (Fsp3) is 0.889. The number of amides is 1. The van der Waals surface area contributed by atoms with Crippen molar-refractivity contribution in [2.45, 2.75) is 46.6 Å². The Labute approximate surface area is 74.3 Å². The zero-order chi connectivity index (χ0) is 9.78. The van der Waals surface area contributed by atoms with E-state index in [-0.39, 0.29) is 11.5 Å². The number of rotatable bonds is 3. The van der Waals surface area contributed by atoms with Gasteiger partial charge in [-0.25, -0.2) is 4.79 Å². The highest BCUT2D eigenvalue weighted by Gasteiger charge is 2.26. The van der Waals surface area contributed by atoms with E-state index in [9.17, 15) is 4.79 Å². The predicted octanol–water partition coefficient (Wildman–Crippen LogP) is 2.30. The molecule has 0 saturated heterocycles. The van der Waals surface area contributed by atoms with Crippen molar-refractivity contribution in [2.75, 3.05) is 0 Å². The monoisotopic (exact) mass is 173 g/mol. The molecule has 0 aromatic rings. The molecule has 1 unspecified atom stereocenters. The lowest BCUT2D eigenvalue weighted by atomic mass is 9.86. The Morgan fingerprint density at radius 1 is 1.50 bits per heavy atom. The van der Waals surface area contributed by atoms with Gasteiger partial charge in [0.25, 0.3) is 0 Å². The van der Waals surface area contributed by atoms with Gasteiger partial charge in [0, 0.05) is 0 Å². The molecule has 0 rings (SSSR count). The van der Waals surface area contributed by atoms with Crippen LogP contribution in [0.2, 0.25) is 0 Å². The maximum Gasteiger partial charge on any atom is 0.404 e. The Hall–Kier alpha value is -0.730. The first-order valence-corrected chi connectivity index (χ1v) is 4.34. The van der Waals surface area contributed by atoms with Crippen molar-refractivity contribution in [2.24, 2.45) is 11.1 Å². The Bertz CT molecular complexity index is 149. The van der Waals surface area contributed by atoms with E-state index in [1.807, 2.05) is 20.8 Å². The van der Waals surface area contributed by atoms with E-state index < -0.39 is 6.09 Å². The molecule has 0 aliphatic rings. The minimum Gasteiger partial charge on any atom is -0.446 e. The van der Waals surface area contributed by atoms with Crippen LogP contribution in [0.4, 0.5) is 4.79 Å². The number of nitrogens with two attached hydrogens (primary N) is 1. The first-order valence-electron chi connectivity index (χ1n) is 4.34. The lowest BCUT2D eigenvalue weighted by Gasteiger charge is -2.29. The van der Waals surface area contributed by atoms with Gasteiger partial charge in [0.1, 0.15) is 6.10 Å². The van der Waals surface area contributed by atoms with E-state index in [0.717, 1.165) is 12.8 Å². The van der Waals surface area contributed by atoms with Crippen LogP contribution in [0, 0.1) is 5.41 Å². The number of hydrogen-bond donors (Lipinski definition) is 1. The lowest BCUT2D eigenvalue weighted by Crippen LogP contribution is -2.33. The lowest BCUT2D eigenvalue weighted by molar-refractivity contribution is 0.0310. The van der Waals surface area contributed by atoms with E-state index >= 15 is 0 Å². The minimum atomic E-state index is -0.677. The molecular weight excluding hydrogens is 154 g/mol. The molecule has 0 fully saturated rings. The summed E-state index contributed by atoms with van der Waals surface area (Å²) in [5, 5.41) is 0. The van der Waals surface area contributed by atoms with Crippen LogP contribution in [0.15, 0.2) is 0 Å². The first-order chi connectivity index (χ1) is 5.38. The summed E-state index contributed by atoms with van der Waals surface area (Å²) < 4.78 is 4.99. The summed E-state index contributed by atoms with van der Waals surface area (Å²) in [6, 6.07) is 0. The van der Waals surface area contributed by atoms with Gasteiger partial charge < -0.3 is 10.5 Å². The number of ether oxygens (including phenoxy) is 1. The van der Waals surface area contributed by atoms with Gasteiger partial charge in [0.15, 0.2) is 0 Å². The maximum absolute atomic E-state index is 10.5. The first kappa shape index (κ1) is 11.3. The maximum atomic E-state index is 10.5. The summed E-state index contributed by atoms with van der Waals surface area (Å²) in [5.74, 6) is 0. The van der Waals surface area contributed by atoms with Crippen molar-refractivity contribution in [3.63, 3.8) is 0 Å². The number of hydrogen-bond acceptors (Lipinski definition) is 2. The largest absolute Gasteiger partial charge is 0.446 e. The van der Waals surface area contributed by atoms with Gasteiger partial charge in [-0.2, -0.15) is 0 Å². The Morgan fingerprint density at radius 3 is 2.25 bits per heavy atom. The molecule has 1 atom stereocenters. The molecule has 12 heavy (non-hydrogen) atoms. The summed E-state index contributed by atoms with van der Waals surface area (Å²) in [4.78, 5) is 10.5. The molecule has 0 aromatic carbocycles. The van der Waals surface area contributed by atoms with Crippen LogP contribution < -0.4 is 5.73 Å². The normalized spacial score (nSPS) is 14.0. The highest BCUT2D eigenvalue weighted by Crippen LogP contribution is 2.25. The number of primary amides is 1. The van der Waals surface area contributed by atoms with Gasteiger partial charge >= 0.3 is 6.09 Å². The zero-order valence-corrected chi connectivity index (χ0v) is 8.39. The molecule has 0 spiro atoms. The standard InChI is InChI=1S/C9H19NO2/c1-5-6-7(9(2,3)4)12-8(10)11/h7H,5-6H2,1-4H3,(H2,10,11). The van der Waals surface area contributed by atoms with E-state index in [1.54, 1.807) is 0 Å². The molecule has 1 amide bonds. The fourth-order valence-corrected chi connectivity index (χ4v) is 1.07. The Balaban J connectivity index is 4.13. The third-order valence-corrected chi connectivity index (χ3v) is 1.78. The predicted molar refractivity (Wildman–Crippen MR) is 48.8 cm³/mol. The Morgan fingerprint density at radius 2 is 2.00 bits per heavy atom. The fourth-order valence-electron chi connectivity index (χ4n) is 1.07. The van der Waals surface area contributed by atoms with Crippen molar-refractivity contribution in [3.05, 3.63) is 0 Å². The van der Waals surface area contributed by atoms with Gasteiger partial charge in [-0.15, -0.1) is 0 Å². The molecule has 2 N–H and O–H groups in total. The van der Waals surface area contributed by atoms with E-state index in [0.29, 0.717) is 0 Å². The molecule has 3 heteroatoms. The van der Waals surface area contributed by atoms with Gasteiger partial charge in [0.05, 0.1) is 0 Å². The Kier molecular flexibility index (Phi) is 4.07. The second-order valence-corrected chi connectivity index (χ2v) is 4.08. The van der Waals surface area contributed by atoms with Crippen molar-refractivity contribution < 1.29 is 9.53 Å². The van der Waals surface area contributed by atoms with Gasteiger partial charge in [0.2, 0.25) is 0 Å². The summed E-state index contributed by atoms with van der Waals surface area (Å²) >= 11 is 0. The molecule has 0 saturated carbocycles. The summed E-state index contributed by atoms with van der Waals surface area (Å²) in [7, 11) is 0. The van der Waals surface area contributed by atoms with E-state index in [2.05, 4.69) is 6.92 Å². The van der Waals surface area contributed by atoms with Crippen LogP contribution in [-0.2, 0) is 4.74 Å². The van der Waals surface area contributed by atoms with Crippen molar-refractivity contribution in [1.29, 1.82) is 0 Å². The molecule has 0 bridgehead atoms. The van der Waals surface area contributed by atoms with Crippen LogP contribution in [0.1, 0.15) is 40.5 Å². The summed E-state index contributed by atoms with van der Waals surface area (Å²) in [5.41, 5.74) is 4.94. The average molecular weight is 173 g/mol. The highest BCUT2D eigenvalue weighted by atomic mass is 16.6. The molecule has 0 aliphatic carbocycles.